The van der Waals surface area contributed by atoms with Gasteiger partial charge >= 0.3 is 0 Å². The predicted octanol–water partition coefficient (Wildman–Crippen LogP) is 2.31. The number of hydrogen-bond donors (Lipinski definition) is 1. The summed E-state index contributed by atoms with van der Waals surface area (Å²) >= 11 is 0. The zero-order valence-electron chi connectivity index (χ0n) is 14.1. The minimum Gasteiger partial charge on any atom is -0.391 e. The molecule has 2 fully saturated rings. The molecule has 3 rings (SSSR count). The van der Waals surface area contributed by atoms with Crippen LogP contribution in [0.15, 0.2) is 24.3 Å². The third kappa shape index (κ3) is 3.75. The minimum atomic E-state index is -0.187. The van der Waals surface area contributed by atoms with E-state index < -0.39 is 0 Å². The highest BCUT2D eigenvalue weighted by Crippen LogP contribution is 2.24. The van der Waals surface area contributed by atoms with Gasteiger partial charge < -0.3 is 10.0 Å². The van der Waals surface area contributed by atoms with Crippen LogP contribution in [0.3, 0.4) is 0 Å². The van der Waals surface area contributed by atoms with Gasteiger partial charge in [-0.15, -0.1) is 0 Å². The van der Waals surface area contributed by atoms with Gasteiger partial charge in [0.05, 0.1) is 6.10 Å². The number of nitrogens with zero attached hydrogens (tertiary/aromatic N) is 2. The maximum atomic E-state index is 12.6. The fourth-order valence-corrected chi connectivity index (χ4v) is 3.84. The SMILES string of the molecule is CCc1ccc(C(=O)N2CCN(C3CCCCC3O)CC2)cc1. The predicted molar refractivity (Wildman–Crippen MR) is 91.6 cm³/mol. The van der Waals surface area contributed by atoms with Crippen LogP contribution in [-0.2, 0) is 6.42 Å². The smallest absolute Gasteiger partial charge is 0.253 e. The van der Waals surface area contributed by atoms with Crippen molar-refractivity contribution >= 4 is 5.91 Å². The first-order valence-corrected chi connectivity index (χ1v) is 8.99. The summed E-state index contributed by atoms with van der Waals surface area (Å²) in [5.41, 5.74) is 2.05. The molecule has 0 radical (unpaired) electrons. The van der Waals surface area contributed by atoms with Gasteiger partial charge in [-0.1, -0.05) is 31.9 Å². The second kappa shape index (κ2) is 7.45. The molecule has 1 heterocycles. The van der Waals surface area contributed by atoms with Gasteiger partial charge in [0.1, 0.15) is 0 Å². The number of hydrogen-bond acceptors (Lipinski definition) is 3. The van der Waals surface area contributed by atoms with E-state index in [1.165, 1.54) is 12.0 Å². The molecule has 0 bridgehead atoms. The molecule has 1 aliphatic heterocycles. The number of carbonyl (C=O) groups is 1. The molecule has 0 spiro atoms. The summed E-state index contributed by atoms with van der Waals surface area (Å²) in [4.78, 5) is 16.9. The minimum absolute atomic E-state index is 0.136. The Bertz CT molecular complexity index is 521. The average molecular weight is 316 g/mol. The Morgan fingerprint density at radius 1 is 1.09 bits per heavy atom. The Labute approximate surface area is 139 Å². The van der Waals surface area contributed by atoms with Gasteiger partial charge in [0, 0.05) is 37.8 Å². The van der Waals surface area contributed by atoms with Crippen LogP contribution >= 0.6 is 0 Å². The van der Waals surface area contributed by atoms with Gasteiger partial charge in [0.15, 0.2) is 0 Å². The van der Waals surface area contributed by atoms with Crippen molar-refractivity contribution in [2.45, 2.75) is 51.2 Å². The van der Waals surface area contributed by atoms with Gasteiger partial charge in [-0.25, -0.2) is 0 Å². The van der Waals surface area contributed by atoms with Crippen molar-refractivity contribution in [3.8, 4) is 0 Å². The third-order valence-corrected chi connectivity index (χ3v) is 5.37. The van der Waals surface area contributed by atoms with Crippen LogP contribution < -0.4 is 0 Å². The highest BCUT2D eigenvalue weighted by Gasteiger charge is 2.31. The number of carbonyl (C=O) groups excluding carboxylic acids is 1. The van der Waals surface area contributed by atoms with E-state index in [1.54, 1.807) is 0 Å². The third-order valence-electron chi connectivity index (χ3n) is 5.37. The first-order valence-electron chi connectivity index (χ1n) is 8.99. The van der Waals surface area contributed by atoms with Crippen molar-refractivity contribution in [2.75, 3.05) is 26.2 Å². The normalized spacial score (nSPS) is 26.3. The lowest BCUT2D eigenvalue weighted by atomic mass is 9.91. The topological polar surface area (TPSA) is 43.8 Å². The first kappa shape index (κ1) is 16.5. The van der Waals surface area contributed by atoms with E-state index >= 15 is 0 Å². The number of rotatable bonds is 3. The summed E-state index contributed by atoms with van der Waals surface area (Å²) in [7, 11) is 0. The molecule has 2 aliphatic rings. The van der Waals surface area contributed by atoms with Gasteiger partial charge in [-0.2, -0.15) is 0 Å². The lowest BCUT2D eigenvalue weighted by Crippen LogP contribution is -2.55. The Morgan fingerprint density at radius 2 is 1.74 bits per heavy atom. The molecule has 4 heteroatoms. The van der Waals surface area contributed by atoms with E-state index in [9.17, 15) is 9.90 Å². The summed E-state index contributed by atoms with van der Waals surface area (Å²) < 4.78 is 0. The Hall–Kier alpha value is -1.39. The van der Waals surface area contributed by atoms with E-state index in [1.807, 2.05) is 29.2 Å². The molecule has 1 saturated heterocycles. The highest BCUT2D eigenvalue weighted by molar-refractivity contribution is 5.94. The zero-order valence-corrected chi connectivity index (χ0v) is 14.1. The molecule has 1 amide bonds. The largest absolute Gasteiger partial charge is 0.391 e. The van der Waals surface area contributed by atoms with Crippen LogP contribution in [0.5, 0.6) is 0 Å². The van der Waals surface area contributed by atoms with Gasteiger partial charge in [-0.3, -0.25) is 9.69 Å². The molecule has 23 heavy (non-hydrogen) atoms. The lowest BCUT2D eigenvalue weighted by molar-refractivity contribution is -0.00172. The summed E-state index contributed by atoms with van der Waals surface area (Å²) in [6.07, 6.45) is 5.18. The van der Waals surface area contributed by atoms with E-state index in [0.717, 1.165) is 57.4 Å². The molecule has 4 nitrogen and oxygen atoms in total. The summed E-state index contributed by atoms with van der Waals surface area (Å²) in [6, 6.07) is 8.27. The van der Waals surface area contributed by atoms with Gasteiger partial charge in [-0.05, 0) is 37.0 Å². The number of piperazine rings is 1. The first-order chi connectivity index (χ1) is 11.2. The number of aliphatic hydroxyl groups excluding tert-OH is 1. The van der Waals surface area contributed by atoms with E-state index in [-0.39, 0.29) is 12.0 Å². The number of aliphatic hydroxyl groups is 1. The molecule has 126 valence electrons. The molecule has 2 atom stereocenters. The van der Waals surface area contributed by atoms with Crippen LogP contribution in [0.2, 0.25) is 0 Å². The second-order valence-corrected chi connectivity index (χ2v) is 6.80. The maximum absolute atomic E-state index is 12.6. The van der Waals surface area contributed by atoms with E-state index in [2.05, 4.69) is 11.8 Å². The summed E-state index contributed by atoms with van der Waals surface area (Å²) in [6.45, 7) is 5.39. The van der Waals surface area contributed by atoms with Gasteiger partial charge in [0.2, 0.25) is 0 Å². The molecular formula is C19H28N2O2. The number of aryl methyl sites for hydroxylation is 1. The van der Waals surface area contributed by atoms with E-state index in [4.69, 9.17) is 0 Å². The Kier molecular flexibility index (Phi) is 5.34. The molecule has 1 aromatic rings. The van der Waals surface area contributed by atoms with Crippen molar-refractivity contribution < 1.29 is 9.90 Å². The number of benzene rings is 1. The van der Waals surface area contributed by atoms with Crippen molar-refractivity contribution in [1.29, 1.82) is 0 Å². The van der Waals surface area contributed by atoms with E-state index in [0.29, 0.717) is 6.04 Å². The summed E-state index contributed by atoms with van der Waals surface area (Å²) in [5.74, 6) is 0.136. The van der Waals surface area contributed by atoms with Crippen LogP contribution in [0.1, 0.15) is 48.5 Å². The van der Waals surface area contributed by atoms with Crippen LogP contribution in [0, 0.1) is 0 Å². The molecule has 1 N–H and O–H groups in total. The van der Waals surface area contributed by atoms with Crippen molar-refractivity contribution in [3.63, 3.8) is 0 Å². The quantitative estimate of drug-likeness (QED) is 0.930. The standard InChI is InChI=1S/C19H28N2O2/c1-2-15-7-9-16(10-8-15)19(23)21-13-11-20(12-14-21)17-5-3-4-6-18(17)22/h7-10,17-18,22H,2-6,11-14H2,1H3. The van der Waals surface area contributed by atoms with Crippen molar-refractivity contribution in [1.82, 2.24) is 9.80 Å². The molecule has 1 aromatic carbocycles. The molecule has 0 aromatic heterocycles. The molecule has 1 saturated carbocycles. The number of amides is 1. The van der Waals surface area contributed by atoms with Crippen molar-refractivity contribution in [2.24, 2.45) is 0 Å². The zero-order chi connectivity index (χ0) is 16.2. The Balaban J connectivity index is 1.56. The monoisotopic (exact) mass is 316 g/mol. The molecule has 1 aliphatic carbocycles. The fourth-order valence-electron chi connectivity index (χ4n) is 3.84. The molecule has 2 unspecified atom stereocenters. The average Bonchev–Trinajstić information content (AvgIpc) is 2.62. The maximum Gasteiger partial charge on any atom is 0.253 e. The summed E-state index contributed by atoms with van der Waals surface area (Å²) in [5, 5.41) is 10.2. The van der Waals surface area contributed by atoms with Crippen LogP contribution in [-0.4, -0.2) is 59.1 Å². The molecular weight excluding hydrogens is 288 g/mol. The fraction of sp³-hybridized carbons (Fsp3) is 0.632. The van der Waals surface area contributed by atoms with Crippen LogP contribution in [0.25, 0.3) is 0 Å². The van der Waals surface area contributed by atoms with Crippen molar-refractivity contribution in [3.05, 3.63) is 35.4 Å². The van der Waals surface area contributed by atoms with Crippen LogP contribution in [0.4, 0.5) is 0 Å². The Morgan fingerprint density at radius 3 is 2.35 bits per heavy atom. The lowest BCUT2D eigenvalue weighted by Gasteiger charge is -2.42. The second-order valence-electron chi connectivity index (χ2n) is 6.80. The van der Waals surface area contributed by atoms with Gasteiger partial charge in [0.25, 0.3) is 5.91 Å². The highest BCUT2D eigenvalue weighted by atomic mass is 16.3.